The van der Waals surface area contributed by atoms with E-state index in [4.69, 9.17) is 19.7 Å². The van der Waals surface area contributed by atoms with Gasteiger partial charge in [0.2, 0.25) is 0 Å². The van der Waals surface area contributed by atoms with Crippen LogP contribution in [0.5, 0.6) is 0 Å². The molecule has 0 aromatic heterocycles. The van der Waals surface area contributed by atoms with Crippen LogP contribution in [-0.4, -0.2) is 47.3 Å². The molecule has 2 aromatic carbocycles. The van der Waals surface area contributed by atoms with Crippen LogP contribution < -0.4 is 0 Å². The molecule has 0 radical (unpaired) electrons. The van der Waals surface area contributed by atoms with Crippen molar-refractivity contribution in [3.63, 3.8) is 0 Å². The van der Waals surface area contributed by atoms with Crippen LogP contribution in [0.15, 0.2) is 48.5 Å². The molecule has 0 spiro atoms. The number of carbonyl (C=O) groups is 4. The number of rotatable bonds is 2. The summed E-state index contributed by atoms with van der Waals surface area (Å²) in [6.07, 6.45) is 0. The van der Waals surface area contributed by atoms with Crippen molar-refractivity contribution in [2.75, 3.05) is 13.2 Å². The van der Waals surface area contributed by atoms with E-state index in [2.05, 4.69) is 0 Å². The van der Waals surface area contributed by atoms with E-state index in [1.807, 2.05) is 0 Å². The third kappa shape index (κ3) is 4.91. The van der Waals surface area contributed by atoms with E-state index in [1.54, 1.807) is 24.3 Å². The molecule has 0 aliphatic carbocycles. The first-order valence-corrected chi connectivity index (χ1v) is 7.39. The molecule has 2 aliphatic rings. The van der Waals surface area contributed by atoms with Gasteiger partial charge in [-0.3, -0.25) is 0 Å². The standard InChI is InChI=1S/C10H8O4.C8H6O4/c11-9-7-1-2-8(4-3-7)10(12)14-6-5-13-9;9-7(10)5-2-1-3-6(4-5)8(11)12/h1-4H,5-6H2;1-4H,(H,9,10)(H,11,12). The van der Waals surface area contributed by atoms with Gasteiger partial charge in [0.25, 0.3) is 0 Å². The molecule has 134 valence electrons. The molecule has 0 fully saturated rings. The van der Waals surface area contributed by atoms with Crippen molar-refractivity contribution in [1.82, 2.24) is 0 Å². The number of carboxylic acids is 2. The lowest BCUT2D eigenvalue weighted by atomic mass is 10.1. The van der Waals surface area contributed by atoms with Crippen molar-refractivity contribution in [3.8, 4) is 0 Å². The van der Waals surface area contributed by atoms with Crippen LogP contribution in [0, 0.1) is 0 Å². The predicted molar refractivity (Wildman–Crippen MR) is 87.4 cm³/mol. The normalized spacial score (nSPS) is 12.9. The summed E-state index contributed by atoms with van der Waals surface area (Å²) < 4.78 is 9.66. The minimum Gasteiger partial charge on any atom is -0.478 e. The number of fused-ring (bicyclic) bond motifs is 7. The third-order valence-corrected chi connectivity index (χ3v) is 3.26. The van der Waals surface area contributed by atoms with E-state index in [-0.39, 0.29) is 24.3 Å². The average Bonchev–Trinajstić information content (AvgIpc) is 2.65. The predicted octanol–water partition coefficient (Wildman–Crippen LogP) is 2.10. The van der Waals surface area contributed by atoms with Gasteiger partial charge in [-0.25, -0.2) is 19.2 Å². The summed E-state index contributed by atoms with van der Waals surface area (Å²) in [7, 11) is 0. The maximum absolute atomic E-state index is 11.3. The van der Waals surface area contributed by atoms with Gasteiger partial charge in [-0.1, -0.05) is 6.07 Å². The Kier molecular flexibility index (Phi) is 6.05. The van der Waals surface area contributed by atoms with Crippen molar-refractivity contribution in [2.24, 2.45) is 0 Å². The highest BCUT2D eigenvalue weighted by Gasteiger charge is 2.13. The molecule has 0 atom stereocenters. The van der Waals surface area contributed by atoms with Gasteiger partial charge in [0.1, 0.15) is 13.2 Å². The highest BCUT2D eigenvalue weighted by Crippen LogP contribution is 2.09. The Labute approximate surface area is 147 Å². The maximum atomic E-state index is 11.3. The van der Waals surface area contributed by atoms with Crippen LogP contribution in [0.25, 0.3) is 0 Å². The fraction of sp³-hybridized carbons (Fsp3) is 0.111. The first-order valence-electron chi connectivity index (χ1n) is 7.39. The molecule has 0 saturated heterocycles. The third-order valence-electron chi connectivity index (χ3n) is 3.26. The van der Waals surface area contributed by atoms with Gasteiger partial charge in [-0.2, -0.15) is 0 Å². The first kappa shape index (κ1) is 18.7. The molecule has 2 bridgehead atoms. The SMILES string of the molecule is O=C(O)c1cccc(C(=O)O)c1.O=C1OCCOC(=O)c2ccc1cc2. The van der Waals surface area contributed by atoms with Crippen LogP contribution in [0.4, 0.5) is 0 Å². The molecule has 0 unspecified atom stereocenters. The lowest BCUT2D eigenvalue weighted by molar-refractivity contribution is 0.0260. The number of carbonyl (C=O) groups excluding carboxylic acids is 2. The Morgan fingerprint density at radius 2 is 1.12 bits per heavy atom. The van der Waals surface area contributed by atoms with Gasteiger partial charge >= 0.3 is 23.9 Å². The minimum absolute atomic E-state index is 0.0186. The molecule has 2 N–H and O–H groups in total. The number of carboxylic acid groups (broad SMARTS) is 2. The molecule has 2 aromatic rings. The molecule has 0 amide bonds. The van der Waals surface area contributed by atoms with E-state index >= 15 is 0 Å². The van der Waals surface area contributed by atoms with Crippen molar-refractivity contribution in [1.29, 1.82) is 0 Å². The van der Waals surface area contributed by atoms with Gasteiger partial charge in [0, 0.05) is 0 Å². The molecule has 2 heterocycles. The van der Waals surface area contributed by atoms with Crippen molar-refractivity contribution in [2.45, 2.75) is 0 Å². The summed E-state index contributed by atoms with van der Waals surface area (Å²) in [5.41, 5.74) is 0.858. The molecular weight excluding hydrogens is 344 g/mol. The smallest absolute Gasteiger partial charge is 0.338 e. The topological polar surface area (TPSA) is 127 Å². The number of esters is 2. The van der Waals surface area contributed by atoms with E-state index < -0.39 is 23.9 Å². The van der Waals surface area contributed by atoms with Gasteiger partial charge in [0.05, 0.1) is 22.3 Å². The fourth-order valence-electron chi connectivity index (χ4n) is 1.96. The lowest BCUT2D eigenvalue weighted by Crippen LogP contribution is -2.16. The summed E-state index contributed by atoms with van der Waals surface area (Å²) in [5, 5.41) is 17.0. The van der Waals surface area contributed by atoms with Crippen molar-refractivity contribution in [3.05, 3.63) is 70.8 Å². The zero-order chi connectivity index (χ0) is 19.1. The second kappa shape index (κ2) is 8.43. The summed E-state index contributed by atoms with van der Waals surface area (Å²) in [4.78, 5) is 43.3. The van der Waals surface area contributed by atoms with Crippen LogP contribution in [-0.2, 0) is 9.47 Å². The first-order chi connectivity index (χ1) is 12.4. The van der Waals surface area contributed by atoms with Crippen LogP contribution >= 0.6 is 0 Å². The Hall–Kier alpha value is -3.68. The van der Waals surface area contributed by atoms with Crippen LogP contribution in [0.3, 0.4) is 0 Å². The quantitative estimate of drug-likeness (QED) is 0.781. The monoisotopic (exact) mass is 358 g/mol. The minimum atomic E-state index is -1.13. The molecule has 8 heteroatoms. The summed E-state index contributed by atoms with van der Waals surface area (Å²) in [6, 6.07) is 11.4. The van der Waals surface area contributed by atoms with Crippen molar-refractivity contribution >= 4 is 23.9 Å². The largest absolute Gasteiger partial charge is 0.478 e. The number of ether oxygens (including phenoxy) is 2. The number of hydrogen-bond donors (Lipinski definition) is 2. The summed E-state index contributed by atoms with van der Waals surface area (Å²) in [6.45, 7) is 0.200. The van der Waals surface area contributed by atoms with Gasteiger partial charge in [-0.15, -0.1) is 0 Å². The molecule has 0 saturated carbocycles. The van der Waals surface area contributed by atoms with E-state index in [0.29, 0.717) is 11.1 Å². The number of hydrogen-bond acceptors (Lipinski definition) is 6. The maximum Gasteiger partial charge on any atom is 0.338 e. The lowest BCUT2D eigenvalue weighted by Gasteiger charge is -2.09. The van der Waals surface area contributed by atoms with Gasteiger partial charge in [-0.05, 0) is 42.5 Å². The Balaban J connectivity index is 0.000000190. The van der Waals surface area contributed by atoms with Crippen molar-refractivity contribution < 1.29 is 38.9 Å². The number of aromatic carboxylic acids is 2. The molecular formula is C18H14O8. The molecule has 4 rings (SSSR count). The van der Waals surface area contributed by atoms with E-state index in [9.17, 15) is 19.2 Å². The Morgan fingerprint density at radius 3 is 1.46 bits per heavy atom. The number of benzene rings is 2. The second-order valence-corrected chi connectivity index (χ2v) is 5.04. The molecule has 26 heavy (non-hydrogen) atoms. The second-order valence-electron chi connectivity index (χ2n) is 5.04. The summed E-state index contributed by atoms with van der Waals surface area (Å²) in [5.74, 6) is -3.04. The highest BCUT2D eigenvalue weighted by atomic mass is 16.6. The van der Waals surface area contributed by atoms with E-state index in [1.165, 1.54) is 18.2 Å². The van der Waals surface area contributed by atoms with Crippen LogP contribution in [0.1, 0.15) is 41.4 Å². The Bertz CT molecular complexity index is 772. The van der Waals surface area contributed by atoms with Gasteiger partial charge < -0.3 is 19.7 Å². The zero-order valence-electron chi connectivity index (χ0n) is 13.4. The zero-order valence-corrected chi connectivity index (χ0v) is 13.4. The summed E-state index contributed by atoms with van der Waals surface area (Å²) >= 11 is 0. The van der Waals surface area contributed by atoms with Gasteiger partial charge in [0.15, 0.2) is 0 Å². The molecule has 2 aliphatic heterocycles. The van der Waals surface area contributed by atoms with E-state index in [0.717, 1.165) is 6.07 Å². The van der Waals surface area contributed by atoms with Crippen LogP contribution in [0.2, 0.25) is 0 Å². The fourth-order valence-corrected chi connectivity index (χ4v) is 1.96. The Morgan fingerprint density at radius 1 is 0.731 bits per heavy atom. The average molecular weight is 358 g/mol. The molecule has 8 nitrogen and oxygen atoms in total. The highest BCUT2D eigenvalue weighted by molar-refractivity contribution is 5.94.